The summed E-state index contributed by atoms with van der Waals surface area (Å²) in [6, 6.07) is 12.0. The van der Waals surface area contributed by atoms with E-state index in [1.807, 2.05) is 38.1 Å². The molecule has 0 saturated carbocycles. The summed E-state index contributed by atoms with van der Waals surface area (Å²) in [5, 5.41) is 11.4. The number of carbonyl (C=O) groups is 2. The molecule has 0 aromatic heterocycles. The number of aliphatic hydroxyl groups is 1. The van der Waals surface area contributed by atoms with Crippen LogP contribution < -0.4 is 9.47 Å². The van der Waals surface area contributed by atoms with Gasteiger partial charge in [0.2, 0.25) is 0 Å². The average Bonchev–Trinajstić information content (AvgIpc) is 3.10. The van der Waals surface area contributed by atoms with Crippen LogP contribution in [0.1, 0.15) is 63.8 Å². The van der Waals surface area contributed by atoms with E-state index in [2.05, 4.69) is 20.8 Å². The van der Waals surface area contributed by atoms with Gasteiger partial charge in [-0.1, -0.05) is 45.0 Å². The van der Waals surface area contributed by atoms with Crippen LogP contribution in [-0.4, -0.2) is 55.2 Å². The molecule has 36 heavy (non-hydrogen) atoms. The van der Waals surface area contributed by atoms with Gasteiger partial charge in [-0.3, -0.25) is 9.59 Å². The van der Waals surface area contributed by atoms with E-state index in [9.17, 15) is 14.7 Å². The van der Waals surface area contributed by atoms with Gasteiger partial charge in [0, 0.05) is 19.2 Å². The van der Waals surface area contributed by atoms with Gasteiger partial charge in [-0.05, 0) is 48.9 Å². The fourth-order valence-electron chi connectivity index (χ4n) is 4.32. The number of hydrogen-bond acceptors (Lipinski definition) is 6. The van der Waals surface area contributed by atoms with Crippen LogP contribution in [0.15, 0.2) is 48.0 Å². The molecular formula is C29H37NO6. The van der Waals surface area contributed by atoms with Crippen molar-refractivity contribution in [2.75, 3.05) is 27.4 Å². The Morgan fingerprint density at radius 1 is 1.03 bits per heavy atom. The molecule has 2 aromatic rings. The molecule has 1 aliphatic heterocycles. The number of rotatable bonds is 9. The number of aliphatic hydroxyl groups excluding tert-OH is 1. The molecule has 1 aliphatic rings. The molecule has 1 fully saturated rings. The van der Waals surface area contributed by atoms with Gasteiger partial charge in [-0.25, -0.2) is 0 Å². The van der Waals surface area contributed by atoms with Crippen molar-refractivity contribution >= 4 is 17.4 Å². The highest BCUT2D eigenvalue weighted by Gasteiger charge is 2.46. The van der Waals surface area contributed by atoms with E-state index in [1.54, 1.807) is 18.2 Å². The zero-order valence-corrected chi connectivity index (χ0v) is 22.3. The Morgan fingerprint density at radius 3 is 2.25 bits per heavy atom. The molecule has 0 aliphatic carbocycles. The van der Waals surface area contributed by atoms with E-state index >= 15 is 0 Å². The lowest BCUT2D eigenvalue weighted by Crippen LogP contribution is -2.31. The lowest BCUT2D eigenvalue weighted by atomic mass is 9.85. The minimum atomic E-state index is -0.732. The predicted molar refractivity (Wildman–Crippen MR) is 139 cm³/mol. The number of benzene rings is 2. The van der Waals surface area contributed by atoms with Crippen LogP contribution >= 0.6 is 0 Å². The van der Waals surface area contributed by atoms with Gasteiger partial charge in [-0.15, -0.1) is 0 Å². The number of nitrogens with zero attached hydrogens (tertiary/aromatic N) is 1. The highest BCUT2D eigenvalue weighted by molar-refractivity contribution is 6.46. The largest absolute Gasteiger partial charge is 0.507 e. The molecule has 1 heterocycles. The van der Waals surface area contributed by atoms with E-state index in [0.717, 1.165) is 11.1 Å². The van der Waals surface area contributed by atoms with Crippen molar-refractivity contribution in [2.45, 2.75) is 58.6 Å². The minimum absolute atomic E-state index is 0.0387. The maximum atomic E-state index is 13.3. The molecule has 2 aromatic carbocycles. The molecule has 7 nitrogen and oxygen atoms in total. The summed E-state index contributed by atoms with van der Waals surface area (Å²) in [6.45, 7) is 11.1. The molecule has 3 rings (SSSR count). The Labute approximate surface area is 213 Å². The summed E-state index contributed by atoms with van der Waals surface area (Å²) in [6.07, 6.45) is 0.636. The number of ether oxygens (including phenoxy) is 3. The van der Waals surface area contributed by atoms with Crippen molar-refractivity contribution in [3.05, 3.63) is 64.7 Å². The van der Waals surface area contributed by atoms with Crippen LogP contribution in [0, 0.1) is 0 Å². The maximum absolute atomic E-state index is 13.3. The second-order valence-corrected chi connectivity index (χ2v) is 10.2. The molecule has 1 unspecified atom stereocenters. The number of hydrogen-bond donors (Lipinski definition) is 1. The molecule has 1 amide bonds. The quantitative estimate of drug-likeness (QED) is 0.222. The van der Waals surface area contributed by atoms with Crippen LogP contribution in [0.3, 0.4) is 0 Å². The first-order chi connectivity index (χ1) is 17.0. The highest BCUT2D eigenvalue weighted by atomic mass is 16.5. The summed E-state index contributed by atoms with van der Waals surface area (Å²) in [5.41, 5.74) is 2.18. The van der Waals surface area contributed by atoms with Crippen molar-refractivity contribution in [1.29, 1.82) is 0 Å². The van der Waals surface area contributed by atoms with Gasteiger partial charge >= 0.3 is 0 Å². The number of likely N-dealkylation sites (tertiary alicyclic amines) is 1. The molecule has 0 spiro atoms. The first-order valence-electron chi connectivity index (χ1n) is 12.2. The van der Waals surface area contributed by atoms with E-state index in [1.165, 1.54) is 19.1 Å². The van der Waals surface area contributed by atoms with Gasteiger partial charge in [0.25, 0.3) is 11.7 Å². The van der Waals surface area contributed by atoms with Crippen molar-refractivity contribution in [2.24, 2.45) is 0 Å². The molecule has 1 atom stereocenters. The monoisotopic (exact) mass is 495 g/mol. The summed E-state index contributed by atoms with van der Waals surface area (Å²) in [4.78, 5) is 28.0. The summed E-state index contributed by atoms with van der Waals surface area (Å²) in [7, 11) is 3.01. The van der Waals surface area contributed by atoms with Crippen molar-refractivity contribution in [3.63, 3.8) is 0 Å². The standard InChI is InChI=1S/C29H37NO6/c1-18(2)36-16-8-15-30-25(19-9-11-20(12-10-19)29(3,4)5)24(27(32)28(30)33)26(31)22-14-13-21(34-6)17-23(22)35-7/h9-14,17-18,25,31H,8,15-16H2,1-7H3/b26-24-. The third kappa shape index (κ3) is 5.73. The second-order valence-electron chi connectivity index (χ2n) is 10.2. The van der Waals surface area contributed by atoms with Gasteiger partial charge in [0.15, 0.2) is 0 Å². The second kappa shape index (κ2) is 11.2. The van der Waals surface area contributed by atoms with Crippen LogP contribution in [0.25, 0.3) is 5.76 Å². The molecule has 0 radical (unpaired) electrons. The van der Waals surface area contributed by atoms with E-state index < -0.39 is 17.7 Å². The molecule has 0 bridgehead atoms. The fraction of sp³-hybridized carbons (Fsp3) is 0.448. The molecular weight excluding hydrogens is 458 g/mol. The topological polar surface area (TPSA) is 85.3 Å². The molecule has 194 valence electrons. The Kier molecular flexibility index (Phi) is 8.46. The molecule has 7 heteroatoms. The van der Waals surface area contributed by atoms with E-state index in [4.69, 9.17) is 14.2 Å². The van der Waals surface area contributed by atoms with Crippen molar-refractivity contribution < 1.29 is 28.9 Å². The zero-order valence-electron chi connectivity index (χ0n) is 22.3. The van der Waals surface area contributed by atoms with Crippen LogP contribution in [-0.2, 0) is 19.7 Å². The molecule has 1 N–H and O–H groups in total. The van der Waals surface area contributed by atoms with Crippen LogP contribution in [0.4, 0.5) is 0 Å². The van der Waals surface area contributed by atoms with Gasteiger partial charge in [0.1, 0.15) is 17.3 Å². The Morgan fingerprint density at radius 2 is 1.69 bits per heavy atom. The number of methoxy groups -OCH3 is 2. The number of amides is 1. The van der Waals surface area contributed by atoms with Crippen molar-refractivity contribution in [1.82, 2.24) is 4.90 Å². The number of Topliss-reactive ketones (excluding diaryl/α,β-unsaturated/α-hetero) is 1. The maximum Gasteiger partial charge on any atom is 0.295 e. The third-order valence-corrected chi connectivity index (χ3v) is 6.29. The highest BCUT2D eigenvalue weighted by Crippen LogP contribution is 2.42. The molecule has 1 saturated heterocycles. The Bertz CT molecular complexity index is 1130. The summed E-state index contributed by atoms with van der Waals surface area (Å²) < 4.78 is 16.3. The van der Waals surface area contributed by atoms with Gasteiger partial charge in [-0.2, -0.15) is 0 Å². The van der Waals surface area contributed by atoms with Gasteiger partial charge < -0.3 is 24.2 Å². The van der Waals surface area contributed by atoms with E-state index in [0.29, 0.717) is 36.6 Å². The number of ketones is 1. The SMILES string of the molecule is COc1ccc(/C(O)=C2/C(=O)C(=O)N(CCCOC(C)C)C2c2ccc(C(C)(C)C)cc2)c(OC)c1. The zero-order chi connectivity index (χ0) is 26.6. The third-order valence-electron chi connectivity index (χ3n) is 6.29. The fourth-order valence-corrected chi connectivity index (χ4v) is 4.32. The normalized spacial score (nSPS) is 17.7. The number of carbonyl (C=O) groups excluding carboxylic acids is 2. The Hall–Kier alpha value is -3.32. The minimum Gasteiger partial charge on any atom is -0.507 e. The van der Waals surface area contributed by atoms with Crippen LogP contribution in [0.5, 0.6) is 11.5 Å². The smallest absolute Gasteiger partial charge is 0.295 e. The van der Waals surface area contributed by atoms with Crippen LogP contribution in [0.2, 0.25) is 0 Å². The average molecular weight is 496 g/mol. The predicted octanol–water partition coefficient (Wildman–Crippen LogP) is 5.24. The van der Waals surface area contributed by atoms with E-state index in [-0.39, 0.29) is 22.9 Å². The Balaban J connectivity index is 2.11. The summed E-state index contributed by atoms with van der Waals surface area (Å²) >= 11 is 0. The lowest BCUT2D eigenvalue weighted by molar-refractivity contribution is -0.140. The van der Waals surface area contributed by atoms with Gasteiger partial charge in [0.05, 0.1) is 37.5 Å². The summed E-state index contributed by atoms with van der Waals surface area (Å²) in [5.74, 6) is -0.759. The van der Waals surface area contributed by atoms with Crippen molar-refractivity contribution in [3.8, 4) is 11.5 Å². The first-order valence-corrected chi connectivity index (χ1v) is 12.2. The lowest BCUT2D eigenvalue weighted by Gasteiger charge is -2.27. The first kappa shape index (κ1) is 27.3.